The summed E-state index contributed by atoms with van der Waals surface area (Å²) < 4.78 is 2.71. The third-order valence-corrected chi connectivity index (χ3v) is 13.2. The molecular weight excluding hydrogens is 693 g/mol. The van der Waals surface area contributed by atoms with Crippen LogP contribution in [0.4, 0.5) is 0 Å². The number of benzene rings is 7. The third-order valence-electron chi connectivity index (χ3n) is 12.0. The van der Waals surface area contributed by atoms with E-state index in [4.69, 9.17) is 0 Å². The maximum absolute atomic E-state index is 2.43. The Balaban J connectivity index is 1.08. The average molecular weight is 735 g/mol. The Morgan fingerprint density at radius 3 is 1.80 bits per heavy atom. The lowest BCUT2D eigenvalue weighted by Gasteiger charge is -2.23. The molecule has 0 amide bonds. The van der Waals surface area contributed by atoms with Crippen molar-refractivity contribution < 1.29 is 0 Å². The van der Waals surface area contributed by atoms with Crippen LogP contribution in [0.3, 0.4) is 0 Å². The summed E-state index contributed by atoms with van der Waals surface area (Å²) in [5.74, 6) is 0. The van der Waals surface area contributed by atoms with Gasteiger partial charge in [-0.2, -0.15) is 0 Å². The highest BCUT2D eigenvalue weighted by molar-refractivity contribution is 7.26. The zero-order valence-electron chi connectivity index (χ0n) is 32.2. The van der Waals surface area contributed by atoms with Gasteiger partial charge in [0, 0.05) is 25.6 Å². The highest BCUT2D eigenvalue weighted by Crippen LogP contribution is 2.53. The molecule has 0 radical (unpaired) electrons. The zero-order chi connectivity index (χ0) is 38.0. The molecule has 268 valence electrons. The fourth-order valence-corrected chi connectivity index (χ4v) is 10.5. The molecule has 0 aliphatic heterocycles. The highest BCUT2D eigenvalue weighted by Gasteiger charge is 2.37. The quantitative estimate of drug-likeness (QED) is 0.170. The Bertz CT molecular complexity index is 3230. The summed E-state index contributed by atoms with van der Waals surface area (Å²) in [5.41, 5.74) is 12.7. The average Bonchev–Trinajstić information content (AvgIpc) is 3.73. The van der Waals surface area contributed by atoms with Crippen molar-refractivity contribution >= 4 is 65.2 Å². The predicted octanol–water partition coefficient (Wildman–Crippen LogP) is 14.4. The lowest BCUT2D eigenvalue weighted by Crippen LogP contribution is -2.27. The fourth-order valence-electron chi connectivity index (χ4n) is 9.38. The Morgan fingerprint density at radius 2 is 1.04 bits per heavy atom. The van der Waals surface area contributed by atoms with Crippen LogP contribution in [0.1, 0.15) is 38.8 Å². The third kappa shape index (κ3) is 5.41. The molecule has 1 aliphatic rings. The van der Waals surface area contributed by atoms with Crippen molar-refractivity contribution in [1.29, 1.82) is 0 Å². The van der Waals surface area contributed by atoms with Crippen LogP contribution in [0.25, 0.3) is 98.4 Å². The Labute approximate surface area is 332 Å². The van der Waals surface area contributed by atoms with Crippen LogP contribution >= 0.6 is 11.3 Å². The van der Waals surface area contributed by atoms with Crippen molar-refractivity contribution in [3.05, 3.63) is 191 Å². The van der Waals surface area contributed by atoms with Crippen LogP contribution in [0, 0.1) is 0 Å². The molecule has 1 aromatic heterocycles. The van der Waals surface area contributed by atoms with Crippen molar-refractivity contribution in [3.63, 3.8) is 0 Å². The van der Waals surface area contributed by atoms with Crippen molar-refractivity contribution in [2.24, 2.45) is 0 Å². The van der Waals surface area contributed by atoms with Crippen molar-refractivity contribution in [1.82, 2.24) is 0 Å². The number of fused-ring (bicyclic) bond motifs is 10. The first-order chi connectivity index (χ1) is 27.4. The molecule has 1 heteroatoms. The first kappa shape index (κ1) is 34.2. The lowest BCUT2D eigenvalue weighted by molar-refractivity contribution is 0.666. The Morgan fingerprint density at radius 1 is 0.411 bits per heavy atom. The van der Waals surface area contributed by atoms with E-state index in [2.05, 4.69) is 210 Å². The van der Waals surface area contributed by atoms with Gasteiger partial charge in [-0.25, -0.2) is 0 Å². The lowest BCUT2D eigenvalue weighted by atomic mass is 9.79. The minimum atomic E-state index is -0.107. The van der Waals surface area contributed by atoms with Gasteiger partial charge in [-0.05, 0) is 126 Å². The molecule has 0 atom stereocenters. The molecule has 0 bridgehead atoms. The summed E-state index contributed by atoms with van der Waals surface area (Å²) in [6.45, 7) is 9.11. The van der Waals surface area contributed by atoms with E-state index < -0.39 is 0 Å². The van der Waals surface area contributed by atoms with Crippen LogP contribution in [-0.2, 0) is 5.41 Å². The summed E-state index contributed by atoms with van der Waals surface area (Å²) in [4.78, 5) is 0. The molecule has 9 aromatic rings. The van der Waals surface area contributed by atoms with Gasteiger partial charge in [0.05, 0.1) is 0 Å². The summed E-state index contributed by atoms with van der Waals surface area (Å²) >= 11 is 1.89. The summed E-state index contributed by atoms with van der Waals surface area (Å²) in [5, 5.41) is 10.4. The van der Waals surface area contributed by atoms with E-state index in [9.17, 15) is 0 Å². The molecule has 0 unspecified atom stereocenters. The van der Waals surface area contributed by atoms with Gasteiger partial charge in [0.25, 0.3) is 0 Å². The Hall–Kier alpha value is -6.28. The summed E-state index contributed by atoms with van der Waals surface area (Å²) in [6, 6.07) is 63.1. The van der Waals surface area contributed by atoms with Gasteiger partial charge in [-0.15, -0.1) is 11.3 Å². The second-order valence-electron chi connectivity index (χ2n) is 15.5. The number of hydrogen-bond acceptors (Lipinski definition) is 1. The highest BCUT2D eigenvalue weighted by atomic mass is 32.1. The largest absolute Gasteiger partial charge is 0.135 e. The standard InChI is InChI=1S/C55H42S/c1-5-41-42(6-2)44(40-26-23-35-15-11-12-16-38(35)33-40)18-10-8-7-9-17-43(41)37-24-21-36(22-25-37)39-27-31-50-49(34-39)47-29-28-45-46(54(47)55(50,3)4)30-32-52-53(45)48-19-13-14-20-51(48)56-52/h5-34H,1-4H3. The Kier molecular flexibility index (Phi) is 8.24. The zero-order valence-corrected chi connectivity index (χ0v) is 33.0. The van der Waals surface area contributed by atoms with Gasteiger partial charge in [-0.1, -0.05) is 172 Å². The van der Waals surface area contributed by atoms with E-state index in [1.807, 2.05) is 11.3 Å². The van der Waals surface area contributed by atoms with Gasteiger partial charge in [0.2, 0.25) is 0 Å². The topological polar surface area (TPSA) is 0 Å². The van der Waals surface area contributed by atoms with Crippen LogP contribution in [0.2, 0.25) is 0 Å². The van der Waals surface area contributed by atoms with Crippen molar-refractivity contribution in [3.8, 4) is 44.5 Å². The van der Waals surface area contributed by atoms with E-state index in [0.717, 1.165) is 0 Å². The predicted molar refractivity (Wildman–Crippen MR) is 245 cm³/mol. The van der Waals surface area contributed by atoms with E-state index in [-0.39, 0.29) is 5.41 Å². The van der Waals surface area contributed by atoms with E-state index in [0.29, 0.717) is 0 Å². The summed E-state index contributed by atoms with van der Waals surface area (Å²) in [7, 11) is 0. The molecule has 0 N–H and O–H groups in total. The van der Waals surface area contributed by atoms with Crippen molar-refractivity contribution in [2.45, 2.75) is 33.1 Å². The fraction of sp³-hybridized carbons (Fsp3) is 0.0909. The van der Waals surface area contributed by atoms with Crippen molar-refractivity contribution in [2.75, 3.05) is 0 Å². The molecule has 0 spiro atoms. The van der Waals surface area contributed by atoms with Crippen LogP contribution < -0.4 is 10.4 Å². The molecule has 56 heavy (non-hydrogen) atoms. The molecule has 8 aromatic carbocycles. The van der Waals surface area contributed by atoms with Gasteiger partial charge in [-0.3, -0.25) is 0 Å². The molecular formula is C55H42S. The number of rotatable bonds is 3. The second-order valence-corrected chi connectivity index (χ2v) is 16.6. The molecule has 0 saturated heterocycles. The van der Waals surface area contributed by atoms with Gasteiger partial charge in [0.15, 0.2) is 0 Å². The minimum absolute atomic E-state index is 0.107. The van der Waals surface area contributed by atoms with Crippen LogP contribution in [0.5, 0.6) is 0 Å². The monoisotopic (exact) mass is 734 g/mol. The SMILES string of the molecule is CC=c1c(-c2ccc(-c3ccc4c(c3)-c3ccc5c(ccc6sc7ccccc7c65)c3C4(C)C)cc2)ccccccc(-c2ccc3ccccc3c2)c1=CC. The molecule has 0 saturated carbocycles. The van der Waals surface area contributed by atoms with Gasteiger partial charge in [0.1, 0.15) is 0 Å². The smallest absolute Gasteiger partial charge is 0.0361 e. The first-order valence-corrected chi connectivity index (χ1v) is 20.5. The maximum Gasteiger partial charge on any atom is 0.0361 e. The van der Waals surface area contributed by atoms with Crippen LogP contribution in [0.15, 0.2) is 170 Å². The van der Waals surface area contributed by atoms with Gasteiger partial charge < -0.3 is 0 Å². The van der Waals surface area contributed by atoms with E-state index in [1.54, 1.807) is 0 Å². The van der Waals surface area contributed by atoms with E-state index in [1.165, 1.54) is 108 Å². The maximum atomic E-state index is 2.43. The second kappa shape index (κ2) is 13.5. The molecule has 1 aliphatic carbocycles. The molecule has 0 nitrogen and oxygen atoms in total. The summed E-state index contributed by atoms with van der Waals surface area (Å²) in [6.07, 6.45) is 4.52. The van der Waals surface area contributed by atoms with Gasteiger partial charge >= 0.3 is 0 Å². The molecule has 1 heterocycles. The number of thiophene rings is 1. The normalized spacial score (nSPS) is 13.7. The first-order valence-electron chi connectivity index (χ1n) is 19.7. The molecule has 10 rings (SSSR count). The minimum Gasteiger partial charge on any atom is -0.135 e. The van der Waals surface area contributed by atoms with Crippen LogP contribution in [-0.4, -0.2) is 0 Å². The van der Waals surface area contributed by atoms with E-state index >= 15 is 0 Å². The molecule has 0 fully saturated rings. The number of hydrogen-bond donors (Lipinski definition) is 0.